The van der Waals surface area contributed by atoms with Crippen LogP contribution in [-0.2, 0) is 14.3 Å². The van der Waals surface area contributed by atoms with E-state index in [-0.39, 0.29) is 18.7 Å². The Morgan fingerprint density at radius 1 is 1.10 bits per heavy atom. The van der Waals surface area contributed by atoms with Gasteiger partial charge in [-0.3, -0.25) is 9.59 Å². The molecule has 1 heterocycles. The Morgan fingerprint density at radius 2 is 1.76 bits per heavy atom. The summed E-state index contributed by atoms with van der Waals surface area (Å²) < 4.78 is 4.50. The number of esters is 1. The van der Waals surface area contributed by atoms with Crippen LogP contribution in [0.4, 0.5) is 5.69 Å². The highest BCUT2D eigenvalue weighted by atomic mass is 16.5. The molecule has 1 aromatic heterocycles. The number of rotatable bonds is 4. The second-order valence-electron chi connectivity index (χ2n) is 4.72. The van der Waals surface area contributed by atoms with Crippen molar-refractivity contribution in [3.05, 3.63) is 29.6 Å². The molecule has 21 heavy (non-hydrogen) atoms. The van der Waals surface area contributed by atoms with Crippen molar-refractivity contribution < 1.29 is 14.3 Å². The molecule has 0 saturated heterocycles. The number of fused-ring (bicyclic) bond motifs is 1. The summed E-state index contributed by atoms with van der Waals surface area (Å²) in [6, 6.07) is 5.34. The minimum Gasteiger partial charge on any atom is -0.469 e. The van der Waals surface area contributed by atoms with E-state index in [1.807, 2.05) is 19.9 Å². The summed E-state index contributed by atoms with van der Waals surface area (Å²) in [4.78, 5) is 31.6. The Hall–Kier alpha value is -2.50. The zero-order valence-corrected chi connectivity index (χ0v) is 12.3. The fourth-order valence-electron chi connectivity index (χ4n) is 1.85. The number of carbonyl (C=O) groups excluding carboxylic acids is 2. The van der Waals surface area contributed by atoms with Crippen LogP contribution in [0.2, 0.25) is 0 Å². The average Bonchev–Trinajstić information content (AvgIpc) is 2.46. The summed E-state index contributed by atoms with van der Waals surface area (Å²) >= 11 is 0. The molecule has 110 valence electrons. The van der Waals surface area contributed by atoms with Crippen LogP contribution in [0, 0.1) is 13.8 Å². The lowest BCUT2D eigenvalue weighted by Gasteiger charge is -2.07. The predicted molar refractivity (Wildman–Crippen MR) is 78.9 cm³/mol. The van der Waals surface area contributed by atoms with Gasteiger partial charge in [0.2, 0.25) is 5.91 Å². The number of aryl methyl sites for hydroxylation is 2. The fourth-order valence-corrected chi connectivity index (χ4v) is 1.85. The molecule has 1 N–H and O–H groups in total. The number of hydrogen-bond acceptors (Lipinski definition) is 5. The molecule has 0 bridgehead atoms. The van der Waals surface area contributed by atoms with Gasteiger partial charge in [0.25, 0.3) is 0 Å². The number of nitrogens with zero attached hydrogens (tertiary/aromatic N) is 2. The summed E-state index contributed by atoms with van der Waals surface area (Å²) in [6.45, 7) is 3.80. The fraction of sp³-hybridized carbons (Fsp3) is 0.333. The Bertz CT molecular complexity index is 698. The van der Waals surface area contributed by atoms with Gasteiger partial charge < -0.3 is 10.1 Å². The molecule has 0 atom stereocenters. The van der Waals surface area contributed by atoms with Crippen molar-refractivity contribution in [3.8, 4) is 0 Å². The Kier molecular flexibility index (Phi) is 4.47. The van der Waals surface area contributed by atoms with Gasteiger partial charge in [-0.1, -0.05) is 0 Å². The van der Waals surface area contributed by atoms with Gasteiger partial charge in [-0.2, -0.15) is 0 Å². The van der Waals surface area contributed by atoms with E-state index in [9.17, 15) is 9.59 Å². The third kappa shape index (κ3) is 3.75. The second-order valence-corrected chi connectivity index (χ2v) is 4.72. The zero-order valence-electron chi connectivity index (χ0n) is 12.3. The van der Waals surface area contributed by atoms with Crippen molar-refractivity contribution in [2.45, 2.75) is 26.7 Å². The summed E-state index contributed by atoms with van der Waals surface area (Å²) in [7, 11) is 1.30. The van der Waals surface area contributed by atoms with Crippen LogP contribution < -0.4 is 5.32 Å². The van der Waals surface area contributed by atoms with E-state index in [1.165, 1.54) is 7.11 Å². The molecule has 0 aliphatic rings. The van der Waals surface area contributed by atoms with E-state index < -0.39 is 5.97 Å². The van der Waals surface area contributed by atoms with E-state index in [0.29, 0.717) is 5.69 Å². The smallest absolute Gasteiger partial charge is 0.306 e. The molecule has 0 radical (unpaired) electrons. The maximum atomic E-state index is 11.7. The molecule has 0 unspecified atom stereocenters. The van der Waals surface area contributed by atoms with E-state index in [4.69, 9.17) is 0 Å². The van der Waals surface area contributed by atoms with Gasteiger partial charge in [0.05, 0.1) is 36.0 Å². The van der Waals surface area contributed by atoms with Gasteiger partial charge in [0, 0.05) is 12.1 Å². The molecule has 0 fully saturated rings. The number of amides is 1. The van der Waals surface area contributed by atoms with Crippen molar-refractivity contribution in [1.82, 2.24) is 9.97 Å². The number of nitrogens with one attached hydrogen (secondary N) is 1. The van der Waals surface area contributed by atoms with Crippen LogP contribution >= 0.6 is 0 Å². The molecule has 0 aliphatic carbocycles. The number of hydrogen-bond donors (Lipinski definition) is 1. The standard InChI is InChI=1S/C15H17N3O3/c1-9-10(2)17-13-8-11(4-5-12(13)16-9)18-14(19)6-7-15(20)21-3/h4-5,8H,6-7H2,1-3H3,(H,18,19). The molecule has 0 saturated carbocycles. The topological polar surface area (TPSA) is 81.2 Å². The van der Waals surface area contributed by atoms with E-state index in [1.54, 1.807) is 12.1 Å². The Morgan fingerprint density at radius 3 is 2.43 bits per heavy atom. The first-order valence-electron chi connectivity index (χ1n) is 6.61. The highest BCUT2D eigenvalue weighted by Crippen LogP contribution is 2.17. The van der Waals surface area contributed by atoms with Gasteiger partial charge in [-0.25, -0.2) is 9.97 Å². The van der Waals surface area contributed by atoms with Gasteiger partial charge in [-0.05, 0) is 32.0 Å². The van der Waals surface area contributed by atoms with Crippen LogP contribution in [0.3, 0.4) is 0 Å². The highest BCUT2D eigenvalue weighted by Gasteiger charge is 2.08. The SMILES string of the molecule is COC(=O)CCC(=O)Nc1ccc2nc(C)c(C)nc2c1. The van der Waals surface area contributed by atoms with Crippen molar-refractivity contribution in [2.75, 3.05) is 12.4 Å². The lowest BCUT2D eigenvalue weighted by molar-refractivity contribution is -0.141. The number of anilines is 1. The Labute approximate surface area is 122 Å². The number of benzene rings is 1. The summed E-state index contributed by atoms with van der Waals surface area (Å²) in [5.74, 6) is -0.642. The molecular weight excluding hydrogens is 270 g/mol. The Balaban J connectivity index is 2.10. The third-order valence-corrected chi connectivity index (χ3v) is 3.14. The second kappa shape index (κ2) is 6.30. The van der Waals surface area contributed by atoms with Crippen molar-refractivity contribution >= 4 is 28.6 Å². The quantitative estimate of drug-likeness (QED) is 0.871. The van der Waals surface area contributed by atoms with Crippen LogP contribution in [0.15, 0.2) is 18.2 Å². The summed E-state index contributed by atoms with van der Waals surface area (Å²) in [6.07, 6.45) is 0.150. The minimum absolute atomic E-state index is 0.0635. The number of aromatic nitrogens is 2. The van der Waals surface area contributed by atoms with E-state index in [2.05, 4.69) is 20.0 Å². The maximum Gasteiger partial charge on any atom is 0.306 e. The van der Waals surface area contributed by atoms with Gasteiger partial charge in [0.1, 0.15) is 0 Å². The van der Waals surface area contributed by atoms with Crippen LogP contribution in [0.1, 0.15) is 24.2 Å². The average molecular weight is 287 g/mol. The van der Waals surface area contributed by atoms with Crippen molar-refractivity contribution in [2.24, 2.45) is 0 Å². The monoisotopic (exact) mass is 287 g/mol. The molecule has 6 nitrogen and oxygen atoms in total. The molecule has 2 aromatic rings. The molecule has 0 spiro atoms. The molecule has 1 aromatic carbocycles. The highest BCUT2D eigenvalue weighted by molar-refractivity contribution is 5.94. The van der Waals surface area contributed by atoms with E-state index >= 15 is 0 Å². The van der Waals surface area contributed by atoms with Crippen molar-refractivity contribution in [1.29, 1.82) is 0 Å². The normalized spacial score (nSPS) is 10.4. The maximum absolute atomic E-state index is 11.7. The molecule has 6 heteroatoms. The first-order chi connectivity index (χ1) is 9.99. The molecular formula is C15H17N3O3. The lowest BCUT2D eigenvalue weighted by atomic mass is 10.2. The zero-order chi connectivity index (χ0) is 15.4. The number of ether oxygens (including phenoxy) is 1. The van der Waals surface area contributed by atoms with Gasteiger partial charge >= 0.3 is 5.97 Å². The van der Waals surface area contributed by atoms with Gasteiger partial charge in [0.15, 0.2) is 0 Å². The molecule has 2 rings (SSSR count). The summed E-state index contributed by atoms with van der Waals surface area (Å²) in [5.41, 5.74) is 3.89. The molecule has 0 aliphatic heterocycles. The van der Waals surface area contributed by atoms with Crippen LogP contribution in [0.25, 0.3) is 11.0 Å². The number of methoxy groups -OCH3 is 1. The summed E-state index contributed by atoms with van der Waals surface area (Å²) in [5, 5.41) is 2.73. The lowest BCUT2D eigenvalue weighted by Crippen LogP contribution is -2.14. The van der Waals surface area contributed by atoms with Crippen LogP contribution in [0.5, 0.6) is 0 Å². The largest absolute Gasteiger partial charge is 0.469 e. The first kappa shape index (κ1) is 14.9. The predicted octanol–water partition coefficient (Wildman–Crippen LogP) is 2.14. The van der Waals surface area contributed by atoms with Crippen LogP contribution in [-0.4, -0.2) is 29.0 Å². The third-order valence-electron chi connectivity index (χ3n) is 3.14. The van der Waals surface area contributed by atoms with Crippen molar-refractivity contribution in [3.63, 3.8) is 0 Å². The number of carbonyl (C=O) groups is 2. The van der Waals surface area contributed by atoms with Gasteiger partial charge in [-0.15, -0.1) is 0 Å². The minimum atomic E-state index is -0.402. The first-order valence-corrected chi connectivity index (χ1v) is 6.61. The van der Waals surface area contributed by atoms with E-state index in [0.717, 1.165) is 22.4 Å². The molecule has 1 amide bonds.